The molecule has 0 spiro atoms. The molecule has 2 N–H and O–H groups in total. The van der Waals surface area contributed by atoms with E-state index in [0.29, 0.717) is 18.3 Å². The number of nitrogens with zero attached hydrogens (tertiary/aromatic N) is 3. The van der Waals surface area contributed by atoms with E-state index in [1.54, 1.807) is 4.68 Å². The Bertz CT molecular complexity index is 960. The Morgan fingerprint density at radius 2 is 2.07 bits per heavy atom. The Morgan fingerprint density at radius 1 is 1.20 bits per heavy atom. The second kappa shape index (κ2) is 9.36. The number of carbonyl (C=O) groups is 1. The summed E-state index contributed by atoms with van der Waals surface area (Å²) in [6.45, 7) is 3.64. The summed E-state index contributed by atoms with van der Waals surface area (Å²) in [5, 5.41) is 11.2. The second-order valence-corrected chi connectivity index (χ2v) is 8.21. The van der Waals surface area contributed by atoms with Gasteiger partial charge in [-0.3, -0.25) is 9.48 Å². The molecule has 1 aromatic carbocycles. The number of carbonyl (C=O) groups excluding carboxylic acids is 1. The molecule has 0 bridgehead atoms. The van der Waals surface area contributed by atoms with E-state index in [1.807, 2.05) is 38.2 Å². The van der Waals surface area contributed by atoms with Crippen LogP contribution in [-0.4, -0.2) is 34.8 Å². The number of amides is 1. The number of nitrogens with one attached hydrogen (secondary N) is 2. The maximum absolute atomic E-state index is 12.8. The summed E-state index contributed by atoms with van der Waals surface area (Å²) in [5.41, 5.74) is 4.01. The fourth-order valence-corrected chi connectivity index (χ4v) is 4.51. The fraction of sp³-hybridized carbons (Fsp3) is 0.500. The number of aryl methyl sites for hydroxylation is 2. The van der Waals surface area contributed by atoms with Crippen LogP contribution in [-0.2, 0) is 7.05 Å². The topological polar surface area (TPSA) is 62.2 Å². The van der Waals surface area contributed by atoms with Crippen molar-refractivity contribution in [1.29, 1.82) is 0 Å². The summed E-state index contributed by atoms with van der Waals surface area (Å²) < 4.78 is 1.66. The van der Waals surface area contributed by atoms with Gasteiger partial charge in [0.25, 0.3) is 5.91 Å². The molecule has 1 unspecified atom stereocenters. The fourth-order valence-electron chi connectivity index (χ4n) is 4.51. The number of hydrogen-bond donors (Lipinski definition) is 2. The summed E-state index contributed by atoms with van der Waals surface area (Å²) >= 11 is 0. The molecule has 0 saturated carbocycles. The van der Waals surface area contributed by atoms with E-state index in [4.69, 9.17) is 0 Å². The zero-order valence-electron chi connectivity index (χ0n) is 18.0. The van der Waals surface area contributed by atoms with Crippen LogP contribution >= 0.6 is 0 Å². The van der Waals surface area contributed by atoms with Crippen molar-refractivity contribution in [1.82, 2.24) is 15.1 Å². The Labute approximate surface area is 179 Å². The summed E-state index contributed by atoms with van der Waals surface area (Å²) in [5.74, 6) is 6.57. The minimum absolute atomic E-state index is 0.132. The van der Waals surface area contributed by atoms with Crippen molar-refractivity contribution in [2.24, 2.45) is 7.05 Å². The minimum atomic E-state index is -0.132. The van der Waals surface area contributed by atoms with Gasteiger partial charge in [-0.15, -0.1) is 5.92 Å². The Balaban J connectivity index is 1.47. The highest BCUT2D eigenvalue weighted by Crippen LogP contribution is 2.38. The smallest absolute Gasteiger partial charge is 0.276 e. The number of unbranched alkanes of at least 4 members (excludes halogenated alkanes) is 1. The summed E-state index contributed by atoms with van der Waals surface area (Å²) in [6, 6.07) is 8.54. The molecule has 0 radical (unpaired) electrons. The van der Waals surface area contributed by atoms with Gasteiger partial charge in [0, 0.05) is 19.5 Å². The van der Waals surface area contributed by atoms with E-state index in [1.165, 1.54) is 32.1 Å². The molecule has 6 heteroatoms. The molecule has 2 aliphatic rings. The average molecular weight is 406 g/mol. The molecule has 1 atom stereocenters. The van der Waals surface area contributed by atoms with Crippen LogP contribution in [0.15, 0.2) is 24.3 Å². The molecule has 0 aliphatic carbocycles. The van der Waals surface area contributed by atoms with Crippen LogP contribution in [0.1, 0.15) is 61.1 Å². The van der Waals surface area contributed by atoms with Crippen molar-refractivity contribution in [3.63, 3.8) is 0 Å². The van der Waals surface area contributed by atoms with Gasteiger partial charge < -0.3 is 15.5 Å². The van der Waals surface area contributed by atoms with Crippen LogP contribution in [0, 0.1) is 18.8 Å². The third-order valence-corrected chi connectivity index (χ3v) is 6.00. The SMILES string of the molecule is Cc1nn(C)c2c1N(CC#CCCCC1CCCCCN1)c1ccccc1NC2=O. The first-order valence-electron chi connectivity index (χ1n) is 11.1. The van der Waals surface area contributed by atoms with E-state index < -0.39 is 0 Å². The lowest BCUT2D eigenvalue weighted by molar-refractivity contribution is 0.101. The van der Waals surface area contributed by atoms with Crippen molar-refractivity contribution in [2.75, 3.05) is 23.3 Å². The van der Waals surface area contributed by atoms with E-state index >= 15 is 0 Å². The standard InChI is InChI=1S/C24H31N5O/c1-18-22-23(28(2)27-18)24(30)26-20-14-8-9-15-21(20)29(22)17-11-4-3-6-12-19-13-7-5-10-16-25-19/h8-9,14-15,19,25H,3,5-7,10,12-13,16-17H2,1-2H3,(H,26,30). The summed E-state index contributed by atoms with van der Waals surface area (Å²) in [6.07, 6.45) is 8.53. The van der Waals surface area contributed by atoms with Crippen molar-refractivity contribution in [2.45, 2.75) is 57.9 Å². The second-order valence-electron chi connectivity index (χ2n) is 8.21. The van der Waals surface area contributed by atoms with Gasteiger partial charge in [0.05, 0.1) is 29.3 Å². The molecule has 4 rings (SSSR count). The highest BCUT2D eigenvalue weighted by atomic mass is 16.2. The van der Waals surface area contributed by atoms with Crippen molar-refractivity contribution >= 4 is 23.0 Å². The normalized spacial score (nSPS) is 18.4. The lowest BCUT2D eigenvalue weighted by Gasteiger charge is -2.22. The third-order valence-electron chi connectivity index (χ3n) is 6.00. The highest BCUT2D eigenvalue weighted by Gasteiger charge is 2.30. The minimum Gasteiger partial charge on any atom is -0.324 e. The van der Waals surface area contributed by atoms with E-state index in [9.17, 15) is 4.79 Å². The molecule has 1 amide bonds. The molecule has 158 valence electrons. The zero-order chi connectivity index (χ0) is 20.9. The Morgan fingerprint density at radius 3 is 2.97 bits per heavy atom. The molecule has 30 heavy (non-hydrogen) atoms. The number of benzene rings is 1. The molecular weight excluding hydrogens is 374 g/mol. The number of hydrogen-bond acceptors (Lipinski definition) is 4. The number of fused-ring (bicyclic) bond motifs is 2. The zero-order valence-corrected chi connectivity index (χ0v) is 18.0. The number of anilines is 3. The van der Waals surface area contributed by atoms with Crippen LogP contribution in [0.25, 0.3) is 0 Å². The summed E-state index contributed by atoms with van der Waals surface area (Å²) in [4.78, 5) is 14.9. The highest BCUT2D eigenvalue weighted by molar-refractivity contribution is 6.11. The average Bonchev–Trinajstić information content (AvgIpc) is 2.90. The third kappa shape index (κ3) is 4.36. The predicted octanol–water partition coefficient (Wildman–Crippen LogP) is 4.14. The molecule has 2 aliphatic heterocycles. The van der Waals surface area contributed by atoms with Crippen LogP contribution in [0.3, 0.4) is 0 Å². The first-order valence-corrected chi connectivity index (χ1v) is 11.1. The van der Waals surface area contributed by atoms with Gasteiger partial charge in [-0.25, -0.2) is 0 Å². The molecule has 1 saturated heterocycles. The Hall–Kier alpha value is -2.78. The van der Waals surface area contributed by atoms with Gasteiger partial charge in [-0.2, -0.15) is 5.10 Å². The van der Waals surface area contributed by atoms with Gasteiger partial charge in [-0.1, -0.05) is 30.9 Å². The lowest BCUT2D eigenvalue weighted by atomic mass is 10.0. The molecule has 6 nitrogen and oxygen atoms in total. The lowest BCUT2D eigenvalue weighted by Crippen LogP contribution is -2.27. The van der Waals surface area contributed by atoms with E-state index in [-0.39, 0.29) is 5.91 Å². The van der Waals surface area contributed by atoms with Crippen LogP contribution in [0.2, 0.25) is 0 Å². The van der Waals surface area contributed by atoms with Crippen LogP contribution < -0.4 is 15.5 Å². The van der Waals surface area contributed by atoms with Crippen LogP contribution in [0.4, 0.5) is 17.1 Å². The molecular formula is C24H31N5O. The largest absolute Gasteiger partial charge is 0.324 e. The molecule has 2 aromatic rings. The van der Waals surface area contributed by atoms with E-state index in [0.717, 1.165) is 42.1 Å². The van der Waals surface area contributed by atoms with Gasteiger partial charge in [-0.05, 0) is 51.3 Å². The monoisotopic (exact) mass is 405 g/mol. The first-order chi connectivity index (χ1) is 14.6. The van der Waals surface area contributed by atoms with Crippen molar-refractivity contribution in [3.8, 4) is 11.8 Å². The van der Waals surface area contributed by atoms with Gasteiger partial charge in [0.2, 0.25) is 0 Å². The number of aromatic nitrogens is 2. The number of para-hydroxylation sites is 2. The maximum atomic E-state index is 12.8. The number of rotatable bonds is 4. The van der Waals surface area contributed by atoms with Crippen molar-refractivity contribution < 1.29 is 4.79 Å². The first kappa shape index (κ1) is 20.5. The maximum Gasteiger partial charge on any atom is 0.276 e. The van der Waals surface area contributed by atoms with Crippen LogP contribution in [0.5, 0.6) is 0 Å². The molecule has 1 aromatic heterocycles. The predicted molar refractivity (Wildman–Crippen MR) is 121 cm³/mol. The Kier molecular flexibility index (Phi) is 6.39. The quantitative estimate of drug-likeness (QED) is 0.593. The van der Waals surface area contributed by atoms with Gasteiger partial charge in [0.15, 0.2) is 0 Å². The van der Waals surface area contributed by atoms with Gasteiger partial charge >= 0.3 is 0 Å². The van der Waals surface area contributed by atoms with Crippen molar-refractivity contribution in [3.05, 3.63) is 35.7 Å². The van der Waals surface area contributed by atoms with Gasteiger partial charge in [0.1, 0.15) is 5.69 Å². The summed E-state index contributed by atoms with van der Waals surface area (Å²) in [7, 11) is 1.81. The molecule has 3 heterocycles. The van der Waals surface area contributed by atoms with E-state index in [2.05, 4.69) is 32.5 Å². The molecule has 1 fully saturated rings.